The summed E-state index contributed by atoms with van der Waals surface area (Å²) in [7, 11) is 2.01. The van der Waals surface area contributed by atoms with Crippen molar-refractivity contribution in [1.29, 1.82) is 0 Å². The van der Waals surface area contributed by atoms with E-state index in [2.05, 4.69) is 37.9 Å². The Bertz CT molecular complexity index is 388. The number of hydrogen-bond acceptors (Lipinski definition) is 2. The van der Waals surface area contributed by atoms with Crippen LogP contribution in [-0.2, 0) is 0 Å². The van der Waals surface area contributed by atoms with Gasteiger partial charge in [0.05, 0.1) is 0 Å². The van der Waals surface area contributed by atoms with Gasteiger partial charge < -0.3 is 10.2 Å². The molecule has 3 heteroatoms. The molecule has 0 atom stereocenters. The molecule has 108 valence electrons. The average molecular weight is 266 g/mol. The van der Waals surface area contributed by atoms with E-state index in [0.29, 0.717) is 5.92 Å². The minimum Gasteiger partial charge on any atom is -0.374 e. The normalized spacial score (nSPS) is 11.9. The minimum absolute atomic E-state index is 0.149. The first-order valence-corrected chi connectivity index (χ1v) is 6.97. The zero-order chi connectivity index (χ0) is 14.5. The molecule has 2 nitrogen and oxygen atoms in total. The number of hydrogen-bond donors (Lipinski definition) is 1. The average Bonchev–Trinajstić information content (AvgIpc) is 2.27. The third kappa shape index (κ3) is 6.06. The third-order valence-electron chi connectivity index (χ3n) is 3.07. The second-order valence-electron chi connectivity index (χ2n) is 6.52. The van der Waals surface area contributed by atoms with Gasteiger partial charge in [-0.1, -0.05) is 33.8 Å². The van der Waals surface area contributed by atoms with Gasteiger partial charge in [0.2, 0.25) is 0 Å². The molecule has 0 amide bonds. The lowest BCUT2D eigenvalue weighted by atomic mass is 9.92. The fraction of sp³-hybridized carbons (Fsp3) is 0.625. The smallest absolute Gasteiger partial charge is 0.125 e. The van der Waals surface area contributed by atoms with E-state index in [1.54, 1.807) is 12.1 Å². The lowest BCUT2D eigenvalue weighted by Gasteiger charge is -2.32. The largest absolute Gasteiger partial charge is 0.374 e. The van der Waals surface area contributed by atoms with Crippen molar-refractivity contribution in [2.75, 3.05) is 31.6 Å². The number of rotatable bonds is 7. The Kier molecular flexibility index (Phi) is 5.80. The predicted octanol–water partition coefficient (Wildman–Crippen LogP) is 3.53. The summed E-state index contributed by atoms with van der Waals surface area (Å²) in [5.41, 5.74) is 1.08. The molecule has 19 heavy (non-hydrogen) atoms. The van der Waals surface area contributed by atoms with Gasteiger partial charge in [0, 0.05) is 25.8 Å². The number of nitrogens with one attached hydrogen (secondary N) is 1. The van der Waals surface area contributed by atoms with Gasteiger partial charge in [-0.25, -0.2) is 4.39 Å². The zero-order valence-corrected chi connectivity index (χ0v) is 12.8. The van der Waals surface area contributed by atoms with Crippen molar-refractivity contribution < 1.29 is 4.39 Å². The van der Waals surface area contributed by atoms with E-state index < -0.39 is 0 Å². The van der Waals surface area contributed by atoms with Crippen molar-refractivity contribution in [1.82, 2.24) is 5.32 Å². The first-order chi connectivity index (χ1) is 8.80. The van der Waals surface area contributed by atoms with Crippen LogP contribution in [0.5, 0.6) is 0 Å². The molecule has 0 heterocycles. The highest BCUT2D eigenvalue weighted by atomic mass is 19.1. The molecule has 0 spiro atoms. The highest BCUT2D eigenvalue weighted by molar-refractivity contribution is 5.45. The first-order valence-electron chi connectivity index (χ1n) is 6.97. The lowest BCUT2D eigenvalue weighted by molar-refractivity contribution is 0.338. The van der Waals surface area contributed by atoms with Gasteiger partial charge in [0.1, 0.15) is 5.82 Å². The van der Waals surface area contributed by atoms with E-state index in [1.165, 1.54) is 6.07 Å². The summed E-state index contributed by atoms with van der Waals surface area (Å²) < 4.78 is 13.2. The second kappa shape index (κ2) is 6.90. The summed E-state index contributed by atoms with van der Waals surface area (Å²) in [5, 5.41) is 3.49. The van der Waals surface area contributed by atoms with Crippen molar-refractivity contribution >= 4 is 5.69 Å². The van der Waals surface area contributed by atoms with E-state index in [1.807, 2.05) is 13.1 Å². The maximum absolute atomic E-state index is 13.2. The van der Waals surface area contributed by atoms with Gasteiger partial charge in [0.15, 0.2) is 0 Å². The van der Waals surface area contributed by atoms with Crippen LogP contribution in [0.15, 0.2) is 24.3 Å². The van der Waals surface area contributed by atoms with Crippen molar-refractivity contribution in [3.8, 4) is 0 Å². The van der Waals surface area contributed by atoms with Crippen LogP contribution in [-0.4, -0.2) is 26.7 Å². The molecule has 0 unspecified atom stereocenters. The summed E-state index contributed by atoms with van der Waals surface area (Å²) in [4.78, 5) is 2.11. The fourth-order valence-corrected chi connectivity index (χ4v) is 2.20. The number of benzene rings is 1. The summed E-state index contributed by atoms with van der Waals surface area (Å²) in [5.74, 6) is 0.483. The summed E-state index contributed by atoms with van der Waals surface area (Å²) in [6.45, 7) is 11.8. The van der Waals surface area contributed by atoms with Gasteiger partial charge in [-0.3, -0.25) is 0 Å². The lowest BCUT2D eigenvalue weighted by Crippen LogP contribution is -2.40. The molecule has 0 fully saturated rings. The molecule has 1 aromatic rings. The van der Waals surface area contributed by atoms with Gasteiger partial charge in [-0.15, -0.1) is 0 Å². The summed E-state index contributed by atoms with van der Waals surface area (Å²) in [6, 6.07) is 6.76. The van der Waals surface area contributed by atoms with Crippen molar-refractivity contribution in [2.45, 2.75) is 27.7 Å². The molecule has 0 bridgehead atoms. The Hall–Kier alpha value is -1.09. The van der Waals surface area contributed by atoms with E-state index in [4.69, 9.17) is 0 Å². The molecule has 1 N–H and O–H groups in total. The Labute approximate surface area is 117 Å². The quantitative estimate of drug-likeness (QED) is 0.812. The Balaban J connectivity index is 2.52. The Morgan fingerprint density at radius 1 is 1.32 bits per heavy atom. The molecule has 0 saturated carbocycles. The van der Waals surface area contributed by atoms with Gasteiger partial charge in [0.25, 0.3) is 0 Å². The van der Waals surface area contributed by atoms with Crippen LogP contribution in [0.1, 0.15) is 27.7 Å². The highest BCUT2D eigenvalue weighted by Gasteiger charge is 2.20. The molecule has 0 saturated heterocycles. The first kappa shape index (κ1) is 16.0. The molecule has 0 aliphatic rings. The zero-order valence-electron chi connectivity index (χ0n) is 12.8. The van der Waals surface area contributed by atoms with E-state index >= 15 is 0 Å². The molecule has 1 rings (SSSR count). The molecule has 0 aliphatic carbocycles. The Morgan fingerprint density at radius 2 is 2.00 bits per heavy atom. The standard InChI is InChI=1S/C16H27FN2/c1-13(2)10-18-11-16(3,4)12-19(5)15-8-6-7-14(17)9-15/h6-9,13,18H,10-12H2,1-5H3. The van der Waals surface area contributed by atoms with Crippen LogP contribution in [0.3, 0.4) is 0 Å². The Morgan fingerprint density at radius 3 is 2.58 bits per heavy atom. The molecule has 1 aromatic carbocycles. The number of nitrogens with zero attached hydrogens (tertiary/aromatic N) is 1. The van der Waals surface area contributed by atoms with Crippen molar-refractivity contribution in [3.05, 3.63) is 30.1 Å². The maximum Gasteiger partial charge on any atom is 0.125 e. The van der Waals surface area contributed by atoms with E-state index in [0.717, 1.165) is 25.3 Å². The van der Waals surface area contributed by atoms with Crippen LogP contribution >= 0.6 is 0 Å². The van der Waals surface area contributed by atoms with Crippen LogP contribution in [0.4, 0.5) is 10.1 Å². The van der Waals surface area contributed by atoms with Crippen molar-refractivity contribution in [2.24, 2.45) is 11.3 Å². The van der Waals surface area contributed by atoms with Gasteiger partial charge in [-0.05, 0) is 36.1 Å². The summed E-state index contributed by atoms with van der Waals surface area (Å²) in [6.07, 6.45) is 0. The van der Waals surface area contributed by atoms with E-state index in [9.17, 15) is 4.39 Å². The van der Waals surface area contributed by atoms with Gasteiger partial charge >= 0.3 is 0 Å². The SMILES string of the molecule is CC(C)CNCC(C)(C)CN(C)c1cccc(F)c1. The minimum atomic E-state index is -0.180. The maximum atomic E-state index is 13.2. The molecule has 0 radical (unpaired) electrons. The van der Waals surface area contributed by atoms with Gasteiger partial charge in [-0.2, -0.15) is 0 Å². The van der Waals surface area contributed by atoms with Crippen LogP contribution in [0.2, 0.25) is 0 Å². The molecule has 0 aliphatic heterocycles. The molecular formula is C16H27FN2. The van der Waals surface area contributed by atoms with Crippen LogP contribution < -0.4 is 10.2 Å². The molecule has 0 aromatic heterocycles. The summed E-state index contributed by atoms with van der Waals surface area (Å²) >= 11 is 0. The van der Waals surface area contributed by atoms with Crippen LogP contribution in [0.25, 0.3) is 0 Å². The third-order valence-corrected chi connectivity index (χ3v) is 3.07. The molecular weight excluding hydrogens is 239 g/mol. The predicted molar refractivity (Wildman–Crippen MR) is 81.2 cm³/mol. The fourth-order valence-electron chi connectivity index (χ4n) is 2.20. The second-order valence-corrected chi connectivity index (χ2v) is 6.52. The van der Waals surface area contributed by atoms with Crippen molar-refractivity contribution in [3.63, 3.8) is 0 Å². The number of anilines is 1. The highest BCUT2D eigenvalue weighted by Crippen LogP contribution is 2.21. The topological polar surface area (TPSA) is 15.3 Å². The van der Waals surface area contributed by atoms with Crippen LogP contribution in [0, 0.1) is 17.2 Å². The monoisotopic (exact) mass is 266 g/mol. The number of halogens is 1. The van der Waals surface area contributed by atoms with E-state index in [-0.39, 0.29) is 11.2 Å².